The molecule has 0 radical (unpaired) electrons. The van der Waals surface area contributed by atoms with Crippen LogP contribution in [-0.2, 0) is 0 Å². The molecule has 0 atom stereocenters. The molecule has 0 bridgehead atoms. The van der Waals surface area contributed by atoms with E-state index in [0.717, 1.165) is 24.5 Å². The minimum Gasteiger partial charge on any atom is -0.495 e. The summed E-state index contributed by atoms with van der Waals surface area (Å²) in [7, 11) is 5.63. The summed E-state index contributed by atoms with van der Waals surface area (Å²) < 4.78 is 5.18. The van der Waals surface area contributed by atoms with Gasteiger partial charge in [-0.2, -0.15) is 0 Å². The van der Waals surface area contributed by atoms with Crippen molar-refractivity contribution in [2.24, 2.45) is 0 Å². The van der Waals surface area contributed by atoms with Crippen LogP contribution in [0.1, 0.15) is 5.56 Å². The van der Waals surface area contributed by atoms with Gasteiger partial charge in [-0.15, -0.1) is 0 Å². The predicted octanol–water partition coefficient (Wildman–Crippen LogP) is 2.31. The molecule has 0 heterocycles. The molecule has 1 aromatic rings. The molecule has 0 saturated carbocycles. The third kappa shape index (κ3) is 3.03. The van der Waals surface area contributed by atoms with Crippen molar-refractivity contribution >= 4 is 17.3 Å². The summed E-state index contributed by atoms with van der Waals surface area (Å²) in [5, 5.41) is 3.78. The van der Waals surface area contributed by atoms with Crippen LogP contribution in [0.5, 0.6) is 5.75 Å². The van der Waals surface area contributed by atoms with Crippen molar-refractivity contribution in [3.8, 4) is 5.75 Å². The Bertz CT molecular complexity index is 355. The van der Waals surface area contributed by atoms with Crippen LogP contribution < -0.4 is 15.0 Å². The molecule has 0 fully saturated rings. The Kier molecular flexibility index (Phi) is 4.90. The van der Waals surface area contributed by atoms with Gasteiger partial charge in [0.05, 0.1) is 12.1 Å². The third-order valence-electron chi connectivity index (χ3n) is 2.58. The van der Waals surface area contributed by atoms with Gasteiger partial charge >= 0.3 is 0 Å². The fraction of sp³-hybridized carbons (Fsp3) is 0.500. The lowest BCUT2D eigenvalue weighted by atomic mass is 10.1. The molecule has 0 saturated heterocycles. The van der Waals surface area contributed by atoms with Crippen LogP contribution in [0, 0.1) is 6.92 Å². The van der Waals surface area contributed by atoms with Gasteiger partial charge in [0.15, 0.2) is 0 Å². The smallest absolute Gasteiger partial charge is 0.137 e. The van der Waals surface area contributed by atoms with Gasteiger partial charge in [-0.1, -0.05) is 11.6 Å². The highest BCUT2D eigenvalue weighted by Gasteiger charge is 2.09. The molecule has 1 N–H and O–H groups in total. The van der Waals surface area contributed by atoms with Gasteiger partial charge in [0, 0.05) is 25.8 Å². The van der Waals surface area contributed by atoms with E-state index < -0.39 is 0 Å². The van der Waals surface area contributed by atoms with E-state index in [1.807, 2.05) is 19.2 Å². The number of hydrogen-bond donors (Lipinski definition) is 1. The minimum atomic E-state index is 0.652. The molecule has 3 nitrogen and oxygen atoms in total. The van der Waals surface area contributed by atoms with Crippen LogP contribution in [0.3, 0.4) is 0 Å². The SMILES string of the molecule is CNCCN(C)c1cc(Cl)c(OC)cc1C. The van der Waals surface area contributed by atoms with Crippen molar-refractivity contribution < 1.29 is 4.74 Å². The molecule has 0 unspecified atom stereocenters. The second kappa shape index (κ2) is 5.97. The van der Waals surface area contributed by atoms with E-state index in [0.29, 0.717) is 5.02 Å². The Morgan fingerprint density at radius 1 is 1.44 bits per heavy atom. The van der Waals surface area contributed by atoms with Gasteiger partial charge in [0.2, 0.25) is 0 Å². The number of methoxy groups -OCH3 is 1. The maximum Gasteiger partial charge on any atom is 0.137 e. The van der Waals surface area contributed by atoms with Gasteiger partial charge < -0.3 is 15.0 Å². The quantitative estimate of drug-likeness (QED) is 0.858. The summed E-state index contributed by atoms with van der Waals surface area (Å²) in [6.07, 6.45) is 0. The zero-order valence-electron chi connectivity index (χ0n) is 10.3. The lowest BCUT2D eigenvalue weighted by molar-refractivity contribution is 0.414. The molecule has 4 heteroatoms. The summed E-state index contributed by atoms with van der Waals surface area (Å²) in [6.45, 7) is 3.95. The van der Waals surface area contributed by atoms with E-state index >= 15 is 0 Å². The van der Waals surface area contributed by atoms with Gasteiger partial charge in [-0.05, 0) is 31.7 Å². The van der Waals surface area contributed by atoms with Crippen molar-refractivity contribution in [2.45, 2.75) is 6.92 Å². The zero-order chi connectivity index (χ0) is 12.1. The summed E-state index contributed by atoms with van der Waals surface area (Å²) in [4.78, 5) is 2.18. The molecule has 0 aliphatic rings. The van der Waals surface area contributed by atoms with E-state index in [4.69, 9.17) is 16.3 Å². The van der Waals surface area contributed by atoms with E-state index in [1.54, 1.807) is 7.11 Å². The average molecular weight is 243 g/mol. The number of ether oxygens (including phenoxy) is 1. The Morgan fingerprint density at radius 3 is 2.69 bits per heavy atom. The monoisotopic (exact) mass is 242 g/mol. The number of nitrogens with zero attached hydrogens (tertiary/aromatic N) is 1. The summed E-state index contributed by atoms with van der Waals surface area (Å²) >= 11 is 6.11. The average Bonchev–Trinajstić information content (AvgIpc) is 2.28. The molecule has 0 spiro atoms. The number of halogens is 1. The Balaban J connectivity index is 2.92. The van der Waals surface area contributed by atoms with Gasteiger partial charge in [-0.3, -0.25) is 0 Å². The van der Waals surface area contributed by atoms with E-state index in [-0.39, 0.29) is 0 Å². The van der Waals surface area contributed by atoms with Crippen LogP contribution >= 0.6 is 11.6 Å². The number of likely N-dealkylation sites (N-methyl/N-ethyl adjacent to an activating group) is 2. The first-order valence-electron chi connectivity index (χ1n) is 5.30. The van der Waals surface area contributed by atoms with Crippen molar-refractivity contribution in [1.82, 2.24) is 5.32 Å². The highest BCUT2D eigenvalue weighted by Crippen LogP contribution is 2.31. The topological polar surface area (TPSA) is 24.5 Å². The lowest BCUT2D eigenvalue weighted by Gasteiger charge is -2.22. The van der Waals surface area contributed by atoms with Gasteiger partial charge in [0.1, 0.15) is 5.75 Å². The zero-order valence-corrected chi connectivity index (χ0v) is 11.1. The maximum atomic E-state index is 6.11. The number of nitrogens with one attached hydrogen (secondary N) is 1. The first kappa shape index (κ1) is 13.1. The number of hydrogen-bond acceptors (Lipinski definition) is 3. The predicted molar refractivity (Wildman–Crippen MR) is 69.9 cm³/mol. The second-order valence-corrected chi connectivity index (χ2v) is 4.21. The lowest BCUT2D eigenvalue weighted by Crippen LogP contribution is -2.27. The van der Waals surface area contributed by atoms with E-state index in [1.165, 1.54) is 5.56 Å². The Hall–Kier alpha value is -0.930. The molecular weight excluding hydrogens is 224 g/mol. The molecule has 0 amide bonds. The summed E-state index contributed by atoms with van der Waals surface area (Å²) in [5.74, 6) is 0.727. The molecule has 1 rings (SSSR count). The largest absolute Gasteiger partial charge is 0.495 e. The number of anilines is 1. The summed E-state index contributed by atoms with van der Waals surface area (Å²) in [6, 6.07) is 3.92. The molecule has 0 aliphatic carbocycles. The number of rotatable bonds is 5. The second-order valence-electron chi connectivity index (χ2n) is 3.80. The van der Waals surface area contributed by atoms with Crippen LogP contribution in [0.15, 0.2) is 12.1 Å². The Morgan fingerprint density at radius 2 is 2.12 bits per heavy atom. The third-order valence-corrected chi connectivity index (χ3v) is 2.87. The molecule has 16 heavy (non-hydrogen) atoms. The minimum absolute atomic E-state index is 0.652. The van der Waals surface area contributed by atoms with E-state index in [2.05, 4.69) is 24.2 Å². The van der Waals surface area contributed by atoms with Crippen LogP contribution in [-0.4, -0.2) is 34.3 Å². The van der Waals surface area contributed by atoms with Gasteiger partial charge in [-0.25, -0.2) is 0 Å². The highest BCUT2D eigenvalue weighted by atomic mass is 35.5. The first-order chi connectivity index (χ1) is 7.60. The fourth-order valence-electron chi connectivity index (χ4n) is 1.61. The normalized spacial score (nSPS) is 10.3. The molecule has 0 aliphatic heterocycles. The van der Waals surface area contributed by atoms with Crippen molar-refractivity contribution in [2.75, 3.05) is 39.2 Å². The highest BCUT2D eigenvalue weighted by molar-refractivity contribution is 6.32. The summed E-state index contributed by atoms with van der Waals surface area (Å²) in [5.41, 5.74) is 2.31. The van der Waals surface area contributed by atoms with Crippen molar-refractivity contribution in [3.63, 3.8) is 0 Å². The van der Waals surface area contributed by atoms with E-state index in [9.17, 15) is 0 Å². The first-order valence-corrected chi connectivity index (χ1v) is 5.67. The van der Waals surface area contributed by atoms with Gasteiger partial charge in [0.25, 0.3) is 0 Å². The standard InChI is InChI=1S/C12H19ClN2O/c1-9-7-12(16-4)10(13)8-11(9)15(3)6-5-14-2/h7-8,14H,5-6H2,1-4H3. The maximum absolute atomic E-state index is 6.11. The molecule has 0 aromatic heterocycles. The molecule has 90 valence electrons. The van der Waals surface area contributed by atoms with Crippen LogP contribution in [0.25, 0.3) is 0 Å². The molecular formula is C12H19ClN2O. The van der Waals surface area contributed by atoms with Crippen molar-refractivity contribution in [3.05, 3.63) is 22.7 Å². The fourth-order valence-corrected chi connectivity index (χ4v) is 1.85. The van der Waals surface area contributed by atoms with Crippen LogP contribution in [0.4, 0.5) is 5.69 Å². The molecule has 1 aromatic carbocycles. The Labute approximate surface area is 102 Å². The van der Waals surface area contributed by atoms with Crippen LogP contribution in [0.2, 0.25) is 5.02 Å². The number of benzene rings is 1. The van der Waals surface area contributed by atoms with Crippen molar-refractivity contribution in [1.29, 1.82) is 0 Å². The number of aryl methyl sites for hydroxylation is 1.